The minimum Gasteiger partial charge on any atom is -0.467 e. The van der Waals surface area contributed by atoms with Gasteiger partial charge in [0, 0.05) is 17.8 Å². The maximum atomic E-state index is 11.5. The first-order valence-electron chi connectivity index (χ1n) is 13.2. The Morgan fingerprint density at radius 3 is 2.39 bits per heavy atom. The fraction of sp³-hybridized carbons (Fsp3) is 0.229. The van der Waals surface area contributed by atoms with Crippen molar-refractivity contribution in [2.24, 2.45) is 0 Å². The molecule has 2 heterocycles. The van der Waals surface area contributed by atoms with Crippen molar-refractivity contribution in [3.8, 4) is 0 Å². The zero-order valence-electron chi connectivity index (χ0n) is 22.9. The van der Waals surface area contributed by atoms with E-state index in [2.05, 4.69) is 112 Å². The second kappa shape index (κ2) is 8.46. The van der Waals surface area contributed by atoms with E-state index < -0.39 is 0 Å². The Bertz CT molecular complexity index is 1730. The largest absolute Gasteiger partial charge is 0.467 e. The van der Waals surface area contributed by atoms with Crippen LogP contribution in [0.25, 0.3) is 33.3 Å². The molecule has 0 bridgehead atoms. The fourth-order valence-electron chi connectivity index (χ4n) is 6.10. The predicted molar refractivity (Wildman–Crippen MR) is 157 cm³/mol. The zero-order valence-corrected chi connectivity index (χ0v) is 22.9. The van der Waals surface area contributed by atoms with Crippen LogP contribution >= 0.6 is 0 Å². The SMILES string of the molecule is CC(=O)/C=C(/C)O/C=C1/c2ccccc2C2(C)c3ccc4c(ccc5ccc(C(C)(C)C)cc54)c3C=CN12. The lowest BCUT2D eigenvalue weighted by Gasteiger charge is -2.40. The van der Waals surface area contributed by atoms with E-state index in [9.17, 15) is 4.79 Å². The van der Waals surface area contributed by atoms with Gasteiger partial charge in [-0.25, -0.2) is 0 Å². The third-order valence-corrected chi connectivity index (χ3v) is 8.07. The summed E-state index contributed by atoms with van der Waals surface area (Å²) in [6.45, 7) is 12.4. The fourth-order valence-corrected chi connectivity index (χ4v) is 6.10. The lowest BCUT2D eigenvalue weighted by Crippen LogP contribution is -2.37. The quantitative estimate of drug-likeness (QED) is 0.160. The van der Waals surface area contributed by atoms with Crippen LogP contribution in [0.15, 0.2) is 91.0 Å². The van der Waals surface area contributed by atoms with Gasteiger partial charge in [-0.2, -0.15) is 0 Å². The van der Waals surface area contributed by atoms with Gasteiger partial charge in [0.05, 0.1) is 11.2 Å². The van der Waals surface area contributed by atoms with Crippen LogP contribution in [0.4, 0.5) is 0 Å². The maximum Gasteiger partial charge on any atom is 0.155 e. The van der Waals surface area contributed by atoms with Crippen LogP contribution in [0.3, 0.4) is 0 Å². The lowest BCUT2D eigenvalue weighted by atomic mass is 9.78. The number of fused-ring (bicyclic) bond motifs is 9. The number of carbonyl (C=O) groups excluding carboxylic acids is 1. The molecule has 1 atom stereocenters. The molecule has 0 spiro atoms. The smallest absolute Gasteiger partial charge is 0.155 e. The summed E-state index contributed by atoms with van der Waals surface area (Å²) in [6, 6.07) is 24.5. The molecule has 0 saturated heterocycles. The molecule has 38 heavy (non-hydrogen) atoms. The van der Waals surface area contributed by atoms with E-state index in [0.29, 0.717) is 5.76 Å². The molecular formula is C35H33NO2. The van der Waals surface area contributed by atoms with Crippen molar-refractivity contribution < 1.29 is 9.53 Å². The van der Waals surface area contributed by atoms with Gasteiger partial charge in [-0.1, -0.05) is 87.5 Å². The molecule has 4 aromatic rings. The highest BCUT2D eigenvalue weighted by molar-refractivity contribution is 6.11. The molecule has 6 rings (SSSR count). The number of ether oxygens (including phenoxy) is 1. The van der Waals surface area contributed by atoms with Gasteiger partial charge >= 0.3 is 0 Å². The van der Waals surface area contributed by atoms with Gasteiger partial charge in [-0.05, 0) is 76.1 Å². The predicted octanol–water partition coefficient (Wildman–Crippen LogP) is 8.66. The Morgan fingerprint density at radius 1 is 0.895 bits per heavy atom. The summed E-state index contributed by atoms with van der Waals surface area (Å²) in [5, 5.41) is 5.11. The molecule has 3 nitrogen and oxygen atoms in total. The second-order valence-electron chi connectivity index (χ2n) is 11.7. The first-order valence-corrected chi connectivity index (χ1v) is 13.2. The third kappa shape index (κ3) is 3.60. The Labute approximate surface area is 224 Å². The highest BCUT2D eigenvalue weighted by atomic mass is 16.5. The molecular weight excluding hydrogens is 466 g/mol. The molecule has 2 aliphatic rings. The van der Waals surface area contributed by atoms with E-state index in [1.807, 2.05) is 0 Å². The topological polar surface area (TPSA) is 29.5 Å². The van der Waals surface area contributed by atoms with Crippen LogP contribution in [0.1, 0.15) is 69.4 Å². The summed E-state index contributed by atoms with van der Waals surface area (Å²) in [5.74, 6) is 0.545. The molecule has 190 valence electrons. The lowest BCUT2D eigenvalue weighted by molar-refractivity contribution is -0.112. The molecule has 0 aromatic heterocycles. The van der Waals surface area contributed by atoms with Gasteiger partial charge in [0.25, 0.3) is 0 Å². The van der Waals surface area contributed by atoms with E-state index in [1.54, 1.807) is 13.2 Å². The van der Waals surface area contributed by atoms with Crippen LogP contribution in [-0.4, -0.2) is 10.7 Å². The number of ketones is 1. The number of nitrogens with zero attached hydrogens (tertiary/aromatic N) is 1. The standard InChI is InChI=1S/C35H33NO2/c1-22(37)19-23(2)38-21-33-29-9-7-8-10-31(29)35(6)32-16-15-27-26(28(32)17-18-36(33)35)14-12-24-11-13-25(20-30(24)27)34(3,4)5/h7-21H,1-6H3/b23-19-,33-21-. The minimum atomic E-state index is -0.384. The summed E-state index contributed by atoms with van der Waals surface area (Å²) in [5.41, 5.74) is 6.94. The summed E-state index contributed by atoms with van der Waals surface area (Å²) in [7, 11) is 0. The molecule has 4 aromatic carbocycles. The molecule has 0 N–H and O–H groups in total. The van der Waals surface area contributed by atoms with Crippen molar-refractivity contribution in [2.45, 2.75) is 52.5 Å². The van der Waals surface area contributed by atoms with Gasteiger partial charge in [0.1, 0.15) is 12.0 Å². The average Bonchev–Trinajstić information content (AvgIpc) is 3.14. The van der Waals surface area contributed by atoms with E-state index in [4.69, 9.17) is 4.74 Å². The Hall–Kier alpha value is -4.11. The van der Waals surface area contributed by atoms with Gasteiger partial charge in [0.15, 0.2) is 5.78 Å². The van der Waals surface area contributed by atoms with Crippen LogP contribution in [0.5, 0.6) is 0 Å². The monoisotopic (exact) mass is 499 g/mol. The number of benzene rings is 4. The first kappa shape index (κ1) is 24.2. The van der Waals surface area contributed by atoms with E-state index in [0.717, 1.165) is 11.3 Å². The molecule has 2 aliphatic heterocycles. The first-order chi connectivity index (χ1) is 18.1. The zero-order chi connectivity index (χ0) is 26.8. The average molecular weight is 500 g/mol. The van der Waals surface area contributed by atoms with Crippen LogP contribution < -0.4 is 0 Å². The Kier molecular flexibility index (Phi) is 5.39. The van der Waals surface area contributed by atoms with Gasteiger partial charge in [-0.15, -0.1) is 0 Å². The van der Waals surface area contributed by atoms with Gasteiger partial charge in [0.2, 0.25) is 0 Å². The van der Waals surface area contributed by atoms with Crippen molar-refractivity contribution in [1.82, 2.24) is 4.90 Å². The number of hydrogen-bond acceptors (Lipinski definition) is 3. The Balaban J connectivity index is 1.55. The molecule has 0 amide bonds. The molecule has 3 heteroatoms. The summed E-state index contributed by atoms with van der Waals surface area (Å²) in [4.78, 5) is 13.8. The van der Waals surface area contributed by atoms with Crippen molar-refractivity contribution in [3.05, 3.63) is 119 Å². The molecule has 0 radical (unpaired) electrons. The van der Waals surface area contributed by atoms with Crippen molar-refractivity contribution in [1.29, 1.82) is 0 Å². The summed E-state index contributed by atoms with van der Waals surface area (Å²) in [6.07, 6.45) is 7.70. The summed E-state index contributed by atoms with van der Waals surface area (Å²) >= 11 is 0. The molecule has 0 fully saturated rings. The molecule has 0 aliphatic carbocycles. The highest BCUT2D eigenvalue weighted by Gasteiger charge is 2.47. The Morgan fingerprint density at radius 2 is 1.63 bits per heavy atom. The number of hydrogen-bond donors (Lipinski definition) is 0. The highest BCUT2D eigenvalue weighted by Crippen LogP contribution is 2.53. The van der Waals surface area contributed by atoms with Crippen molar-refractivity contribution in [3.63, 3.8) is 0 Å². The van der Waals surface area contributed by atoms with E-state index >= 15 is 0 Å². The number of allylic oxidation sites excluding steroid dienone is 2. The number of rotatable bonds is 3. The second-order valence-corrected chi connectivity index (χ2v) is 11.7. The number of carbonyl (C=O) groups is 1. The van der Waals surface area contributed by atoms with Gasteiger partial charge in [-0.3, -0.25) is 4.79 Å². The minimum absolute atomic E-state index is 0.0293. The van der Waals surface area contributed by atoms with Crippen LogP contribution in [0.2, 0.25) is 0 Å². The molecule has 0 saturated carbocycles. The van der Waals surface area contributed by atoms with E-state index in [-0.39, 0.29) is 16.7 Å². The van der Waals surface area contributed by atoms with E-state index in [1.165, 1.54) is 56.8 Å². The van der Waals surface area contributed by atoms with Crippen LogP contribution in [-0.2, 0) is 20.5 Å². The normalized spacial score (nSPS) is 19.6. The third-order valence-electron chi connectivity index (χ3n) is 8.07. The van der Waals surface area contributed by atoms with Crippen molar-refractivity contribution in [2.75, 3.05) is 0 Å². The summed E-state index contributed by atoms with van der Waals surface area (Å²) < 4.78 is 5.94. The van der Waals surface area contributed by atoms with Crippen LogP contribution in [0, 0.1) is 0 Å². The maximum absolute atomic E-state index is 11.5. The van der Waals surface area contributed by atoms with Gasteiger partial charge < -0.3 is 9.64 Å². The van der Waals surface area contributed by atoms with Crippen molar-refractivity contribution >= 4 is 39.1 Å². The molecule has 1 unspecified atom stereocenters.